The van der Waals surface area contributed by atoms with Gasteiger partial charge in [0.15, 0.2) is 0 Å². The number of nitrogen functional groups attached to an aromatic ring is 1. The molecule has 2 N–H and O–H groups in total. The molecule has 0 heterocycles. The minimum Gasteiger partial charge on any atom is -0.399 e. The Kier molecular flexibility index (Phi) is 3.56. The van der Waals surface area contributed by atoms with E-state index in [-0.39, 0.29) is 6.04 Å². The van der Waals surface area contributed by atoms with Crippen LogP contribution in [0.5, 0.6) is 0 Å². The number of hydrogen-bond donors (Lipinski definition) is 1. The molecule has 0 radical (unpaired) electrons. The summed E-state index contributed by atoms with van der Waals surface area (Å²) in [5.41, 5.74) is 8.74. The summed E-state index contributed by atoms with van der Waals surface area (Å²) in [5, 5.41) is 8.65. The standard InChI is InChI=1S/C12H17N3/c1-9-8-11(14)4-5-12(9)15(3)10(2)6-7-13/h4-5,8,10H,6,14H2,1-3H3. The Morgan fingerprint density at radius 1 is 1.53 bits per heavy atom. The van der Waals surface area contributed by atoms with Crippen LogP contribution in [0.15, 0.2) is 18.2 Å². The molecule has 0 aliphatic heterocycles. The lowest BCUT2D eigenvalue weighted by molar-refractivity contribution is 0.701. The number of rotatable bonds is 3. The van der Waals surface area contributed by atoms with E-state index in [1.807, 2.05) is 39.1 Å². The van der Waals surface area contributed by atoms with Gasteiger partial charge in [-0.25, -0.2) is 0 Å². The van der Waals surface area contributed by atoms with Gasteiger partial charge < -0.3 is 10.6 Å². The van der Waals surface area contributed by atoms with Crippen molar-refractivity contribution < 1.29 is 0 Å². The second-order valence-electron chi connectivity index (χ2n) is 3.87. The van der Waals surface area contributed by atoms with Gasteiger partial charge in [0.2, 0.25) is 0 Å². The van der Waals surface area contributed by atoms with E-state index in [1.54, 1.807) is 0 Å². The molecule has 3 heteroatoms. The second-order valence-corrected chi connectivity index (χ2v) is 3.87. The van der Waals surface area contributed by atoms with Crippen LogP contribution in [0.3, 0.4) is 0 Å². The van der Waals surface area contributed by atoms with Gasteiger partial charge >= 0.3 is 0 Å². The number of nitriles is 1. The fourth-order valence-electron chi connectivity index (χ4n) is 1.58. The molecule has 0 aliphatic rings. The van der Waals surface area contributed by atoms with Crippen molar-refractivity contribution in [1.82, 2.24) is 0 Å². The van der Waals surface area contributed by atoms with Crippen LogP contribution in [0.1, 0.15) is 18.9 Å². The first-order valence-electron chi connectivity index (χ1n) is 5.02. The van der Waals surface area contributed by atoms with Gasteiger partial charge in [-0.1, -0.05) is 0 Å². The predicted molar refractivity (Wildman–Crippen MR) is 63.7 cm³/mol. The highest BCUT2D eigenvalue weighted by Crippen LogP contribution is 2.23. The van der Waals surface area contributed by atoms with Crippen LogP contribution >= 0.6 is 0 Å². The number of benzene rings is 1. The lowest BCUT2D eigenvalue weighted by Crippen LogP contribution is -2.28. The maximum Gasteiger partial charge on any atom is 0.0643 e. The molecule has 0 saturated heterocycles. The van der Waals surface area contributed by atoms with Crippen molar-refractivity contribution in [3.8, 4) is 6.07 Å². The fourth-order valence-corrected chi connectivity index (χ4v) is 1.58. The number of hydrogen-bond acceptors (Lipinski definition) is 3. The van der Waals surface area contributed by atoms with Gasteiger partial charge in [0.25, 0.3) is 0 Å². The molecule has 0 fully saturated rings. The third-order valence-corrected chi connectivity index (χ3v) is 2.65. The minimum atomic E-state index is 0.220. The Morgan fingerprint density at radius 2 is 2.20 bits per heavy atom. The Morgan fingerprint density at radius 3 is 2.73 bits per heavy atom. The molecule has 1 aromatic rings. The minimum absolute atomic E-state index is 0.220. The number of nitrogens with zero attached hydrogens (tertiary/aromatic N) is 2. The number of aryl methyl sites for hydroxylation is 1. The van der Waals surface area contributed by atoms with Crippen molar-refractivity contribution in [2.75, 3.05) is 17.7 Å². The Balaban J connectivity index is 2.91. The van der Waals surface area contributed by atoms with E-state index in [2.05, 4.69) is 11.0 Å². The van der Waals surface area contributed by atoms with E-state index in [0.29, 0.717) is 6.42 Å². The first kappa shape index (κ1) is 11.4. The molecule has 80 valence electrons. The summed E-state index contributed by atoms with van der Waals surface area (Å²) in [7, 11) is 2.00. The largest absolute Gasteiger partial charge is 0.399 e. The summed E-state index contributed by atoms with van der Waals surface area (Å²) in [4.78, 5) is 2.11. The van der Waals surface area contributed by atoms with Crippen LogP contribution in [-0.4, -0.2) is 13.1 Å². The lowest BCUT2D eigenvalue weighted by atomic mass is 10.1. The molecular formula is C12H17N3. The van der Waals surface area contributed by atoms with Gasteiger partial charge in [0.1, 0.15) is 0 Å². The summed E-state index contributed by atoms with van der Waals surface area (Å²) < 4.78 is 0. The SMILES string of the molecule is Cc1cc(N)ccc1N(C)C(C)CC#N. The third kappa shape index (κ3) is 2.63. The molecule has 3 nitrogen and oxygen atoms in total. The molecule has 0 amide bonds. The molecule has 1 aromatic carbocycles. The maximum absolute atomic E-state index is 8.65. The van der Waals surface area contributed by atoms with E-state index >= 15 is 0 Å². The van der Waals surface area contributed by atoms with Crippen molar-refractivity contribution in [1.29, 1.82) is 5.26 Å². The van der Waals surface area contributed by atoms with Crippen LogP contribution in [0.4, 0.5) is 11.4 Å². The summed E-state index contributed by atoms with van der Waals surface area (Å²) >= 11 is 0. The van der Waals surface area contributed by atoms with Crippen LogP contribution < -0.4 is 10.6 Å². The van der Waals surface area contributed by atoms with Crippen LogP contribution in [0.25, 0.3) is 0 Å². The highest BCUT2D eigenvalue weighted by Gasteiger charge is 2.11. The van der Waals surface area contributed by atoms with E-state index in [1.165, 1.54) is 0 Å². The van der Waals surface area contributed by atoms with Crippen molar-refractivity contribution in [2.24, 2.45) is 0 Å². The van der Waals surface area contributed by atoms with Gasteiger partial charge in [-0.2, -0.15) is 5.26 Å². The van der Waals surface area contributed by atoms with E-state index in [0.717, 1.165) is 16.9 Å². The van der Waals surface area contributed by atoms with Crippen molar-refractivity contribution in [3.05, 3.63) is 23.8 Å². The highest BCUT2D eigenvalue weighted by atomic mass is 15.1. The van der Waals surface area contributed by atoms with Crippen LogP contribution in [-0.2, 0) is 0 Å². The molecule has 1 atom stereocenters. The molecule has 0 aliphatic carbocycles. The van der Waals surface area contributed by atoms with Gasteiger partial charge in [0.05, 0.1) is 12.5 Å². The zero-order chi connectivity index (χ0) is 11.4. The average molecular weight is 203 g/mol. The maximum atomic E-state index is 8.65. The highest BCUT2D eigenvalue weighted by molar-refractivity contribution is 5.59. The summed E-state index contributed by atoms with van der Waals surface area (Å²) in [6.07, 6.45) is 0.528. The molecule has 0 aromatic heterocycles. The quantitative estimate of drug-likeness (QED) is 0.767. The van der Waals surface area contributed by atoms with Crippen LogP contribution in [0.2, 0.25) is 0 Å². The number of anilines is 2. The second kappa shape index (κ2) is 4.70. The Hall–Kier alpha value is -1.69. The Bertz CT molecular complexity index is 379. The van der Waals surface area contributed by atoms with Gasteiger partial charge in [-0.15, -0.1) is 0 Å². The summed E-state index contributed by atoms with van der Waals surface area (Å²) in [6, 6.07) is 8.24. The Labute approximate surface area is 91.1 Å². The molecule has 0 saturated carbocycles. The molecule has 1 rings (SSSR count). The molecule has 15 heavy (non-hydrogen) atoms. The number of nitrogens with two attached hydrogens (primary N) is 1. The van der Waals surface area contributed by atoms with E-state index in [4.69, 9.17) is 11.0 Å². The van der Waals surface area contributed by atoms with Gasteiger partial charge in [-0.3, -0.25) is 0 Å². The average Bonchev–Trinajstić information content (AvgIpc) is 2.17. The van der Waals surface area contributed by atoms with Gasteiger partial charge in [-0.05, 0) is 37.6 Å². The zero-order valence-electron chi connectivity index (χ0n) is 9.49. The topological polar surface area (TPSA) is 53.0 Å². The molecule has 0 bridgehead atoms. The molecule has 0 spiro atoms. The van der Waals surface area contributed by atoms with Crippen molar-refractivity contribution >= 4 is 11.4 Å². The predicted octanol–water partition coefficient (Wildman–Crippen LogP) is 2.32. The summed E-state index contributed by atoms with van der Waals surface area (Å²) in [5.74, 6) is 0. The molecule has 1 unspecified atom stereocenters. The van der Waals surface area contributed by atoms with E-state index in [9.17, 15) is 0 Å². The summed E-state index contributed by atoms with van der Waals surface area (Å²) in [6.45, 7) is 4.07. The van der Waals surface area contributed by atoms with Crippen LogP contribution in [0, 0.1) is 18.3 Å². The first-order chi connectivity index (χ1) is 7.06. The monoisotopic (exact) mass is 203 g/mol. The fraction of sp³-hybridized carbons (Fsp3) is 0.417. The first-order valence-corrected chi connectivity index (χ1v) is 5.02. The van der Waals surface area contributed by atoms with Gasteiger partial charge in [0, 0.05) is 24.5 Å². The van der Waals surface area contributed by atoms with Crippen molar-refractivity contribution in [3.63, 3.8) is 0 Å². The third-order valence-electron chi connectivity index (χ3n) is 2.65. The smallest absolute Gasteiger partial charge is 0.0643 e. The zero-order valence-corrected chi connectivity index (χ0v) is 9.49. The normalized spacial score (nSPS) is 11.9. The molecular weight excluding hydrogens is 186 g/mol. The lowest BCUT2D eigenvalue weighted by Gasteiger charge is -2.27. The van der Waals surface area contributed by atoms with Crippen molar-refractivity contribution in [2.45, 2.75) is 26.3 Å². The van der Waals surface area contributed by atoms with E-state index < -0.39 is 0 Å².